The summed E-state index contributed by atoms with van der Waals surface area (Å²) in [6, 6.07) is 5.24. The normalized spacial score (nSPS) is 11.2. The maximum absolute atomic E-state index is 12.0. The Hall–Kier alpha value is -1.26. The molecular formula is C15H23ClN2O2. The summed E-state index contributed by atoms with van der Waals surface area (Å²) in [6.07, 6.45) is 1.88. The van der Waals surface area contributed by atoms with Crippen LogP contribution in [0.1, 0.15) is 32.3 Å². The third-order valence-electron chi connectivity index (χ3n) is 3.64. The zero-order valence-electron chi connectivity index (χ0n) is 12.3. The van der Waals surface area contributed by atoms with Crippen LogP contribution >= 0.6 is 11.6 Å². The van der Waals surface area contributed by atoms with Crippen molar-refractivity contribution in [3.05, 3.63) is 28.8 Å². The molecule has 20 heavy (non-hydrogen) atoms. The molecule has 0 saturated carbocycles. The fraction of sp³-hybridized carbons (Fsp3) is 0.533. The number of halogens is 1. The van der Waals surface area contributed by atoms with Gasteiger partial charge in [-0.3, -0.25) is 4.79 Å². The highest BCUT2D eigenvalue weighted by molar-refractivity contribution is 6.30. The molecule has 0 heterocycles. The molecule has 0 aliphatic heterocycles. The van der Waals surface area contributed by atoms with Crippen LogP contribution in [0.5, 0.6) is 5.75 Å². The summed E-state index contributed by atoms with van der Waals surface area (Å²) >= 11 is 5.94. The van der Waals surface area contributed by atoms with E-state index in [2.05, 4.69) is 5.32 Å². The Balaban J connectivity index is 2.65. The maximum atomic E-state index is 12.0. The number of methoxy groups -OCH3 is 1. The number of carbonyl (C=O) groups is 1. The molecule has 0 aliphatic carbocycles. The van der Waals surface area contributed by atoms with E-state index >= 15 is 0 Å². The van der Waals surface area contributed by atoms with Gasteiger partial charge in [-0.15, -0.1) is 0 Å². The summed E-state index contributed by atoms with van der Waals surface area (Å²) < 4.78 is 5.23. The highest BCUT2D eigenvalue weighted by Crippen LogP contribution is 2.23. The molecule has 1 aromatic rings. The number of nitrogens with one attached hydrogen (secondary N) is 1. The van der Waals surface area contributed by atoms with Crippen LogP contribution in [-0.2, 0) is 11.2 Å². The van der Waals surface area contributed by atoms with E-state index in [1.165, 1.54) is 0 Å². The molecule has 0 atom stereocenters. The molecule has 1 amide bonds. The van der Waals surface area contributed by atoms with Gasteiger partial charge in [-0.1, -0.05) is 25.4 Å². The van der Waals surface area contributed by atoms with Gasteiger partial charge in [0.15, 0.2) is 0 Å². The third kappa shape index (κ3) is 4.69. The topological polar surface area (TPSA) is 64.3 Å². The summed E-state index contributed by atoms with van der Waals surface area (Å²) in [4.78, 5) is 12.0. The molecule has 0 aliphatic rings. The lowest BCUT2D eigenvalue weighted by Gasteiger charge is -2.26. The summed E-state index contributed by atoms with van der Waals surface area (Å²) in [5.74, 6) is 0.580. The Kier molecular flexibility index (Phi) is 6.30. The van der Waals surface area contributed by atoms with Crippen molar-refractivity contribution in [2.45, 2.75) is 38.6 Å². The summed E-state index contributed by atoms with van der Waals surface area (Å²) in [5.41, 5.74) is 6.59. The van der Waals surface area contributed by atoms with E-state index in [1.54, 1.807) is 25.3 Å². The van der Waals surface area contributed by atoms with Crippen LogP contribution in [0.2, 0.25) is 5.02 Å². The van der Waals surface area contributed by atoms with Crippen LogP contribution in [0.4, 0.5) is 0 Å². The number of amides is 1. The number of ether oxygens (including phenoxy) is 1. The minimum atomic E-state index is -0.339. The molecule has 0 unspecified atom stereocenters. The second-order valence-corrected chi connectivity index (χ2v) is 5.42. The molecule has 3 N–H and O–H groups in total. The van der Waals surface area contributed by atoms with Crippen molar-refractivity contribution in [3.8, 4) is 5.75 Å². The monoisotopic (exact) mass is 298 g/mol. The van der Waals surface area contributed by atoms with E-state index in [0.29, 0.717) is 17.3 Å². The molecule has 1 aromatic carbocycles. The first-order valence-electron chi connectivity index (χ1n) is 6.82. The molecule has 0 fully saturated rings. The molecule has 4 nitrogen and oxygen atoms in total. The number of carbonyl (C=O) groups excluding carboxylic acids is 1. The first kappa shape index (κ1) is 16.8. The van der Waals surface area contributed by atoms with Gasteiger partial charge in [0.1, 0.15) is 5.75 Å². The average Bonchev–Trinajstić information content (AvgIpc) is 2.45. The van der Waals surface area contributed by atoms with Gasteiger partial charge < -0.3 is 15.8 Å². The molecule has 0 spiro atoms. The van der Waals surface area contributed by atoms with Gasteiger partial charge >= 0.3 is 0 Å². The van der Waals surface area contributed by atoms with E-state index in [1.807, 2.05) is 13.8 Å². The second kappa shape index (κ2) is 7.50. The standard InChI is InChI=1S/C15H23ClN2O2/c1-4-15(17,5-2)10-18-14(19)9-11-8-12(16)6-7-13(11)20-3/h6-8H,4-5,9-10,17H2,1-3H3,(H,18,19). The van der Waals surface area contributed by atoms with Crippen molar-refractivity contribution in [1.29, 1.82) is 0 Å². The van der Waals surface area contributed by atoms with Gasteiger partial charge in [0.2, 0.25) is 5.91 Å². The van der Waals surface area contributed by atoms with Crippen LogP contribution in [0.3, 0.4) is 0 Å². The first-order chi connectivity index (χ1) is 9.44. The van der Waals surface area contributed by atoms with Crippen molar-refractivity contribution in [2.24, 2.45) is 5.73 Å². The fourth-order valence-electron chi connectivity index (χ4n) is 1.90. The second-order valence-electron chi connectivity index (χ2n) is 4.98. The molecule has 112 valence electrons. The third-order valence-corrected chi connectivity index (χ3v) is 3.87. The average molecular weight is 299 g/mol. The van der Waals surface area contributed by atoms with Crippen molar-refractivity contribution in [1.82, 2.24) is 5.32 Å². The summed E-state index contributed by atoms with van der Waals surface area (Å²) in [6.45, 7) is 4.52. The number of hydrogen-bond donors (Lipinski definition) is 2. The predicted octanol–water partition coefficient (Wildman–Crippen LogP) is 2.52. The zero-order chi connectivity index (χ0) is 15.2. The van der Waals surface area contributed by atoms with Gasteiger partial charge in [-0.25, -0.2) is 0 Å². The maximum Gasteiger partial charge on any atom is 0.224 e. The Labute approximate surface area is 125 Å². The van der Waals surface area contributed by atoms with Crippen LogP contribution in [0, 0.1) is 0 Å². The van der Waals surface area contributed by atoms with Crippen molar-refractivity contribution in [3.63, 3.8) is 0 Å². The first-order valence-corrected chi connectivity index (χ1v) is 7.20. The van der Waals surface area contributed by atoms with Crippen LogP contribution in [0.15, 0.2) is 18.2 Å². The molecule has 5 heteroatoms. The minimum Gasteiger partial charge on any atom is -0.496 e. The molecular weight excluding hydrogens is 276 g/mol. The highest BCUT2D eigenvalue weighted by atomic mass is 35.5. The van der Waals surface area contributed by atoms with Crippen molar-refractivity contribution in [2.75, 3.05) is 13.7 Å². The fourth-order valence-corrected chi connectivity index (χ4v) is 2.09. The quantitative estimate of drug-likeness (QED) is 0.813. The molecule has 0 radical (unpaired) electrons. The van der Waals surface area contributed by atoms with Crippen molar-refractivity contribution >= 4 is 17.5 Å². The van der Waals surface area contributed by atoms with E-state index in [0.717, 1.165) is 18.4 Å². The van der Waals surface area contributed by atoms with E-state index in [9.17, 15) is 4.79 Å². The van der Waals surface area contributed by atoms with Gasteiger partial charge in [0.05, 0.1) is 13.5 Å². The SMILES string of the molecule is CCC(N)(CC)CNC(=O)Cc1cc(Cl)ccc1OC. The summed E-state index contributed by atoms with van der Waals surface area (Å²) in [7, 11) is 1.57. The van der Waals surface area contributed by atoms with Gasteiger partial charge in [0.25, 0.3) is 0 Å². The lowest BCUT2D eigenvalue weighted by Crippen LogP contribution is -2.49. The Morgan fingerprint density at radius 1 is 1.40 bits per heavy atom. The smallest absolute Gasteiger partial charge is 0.224 e. The molecule has 0 saturated heterocycles. The largest absolute Gasteiger partial charge is 0.496 e. The number of rotatable bonds is 7. The predicted molar refractivity (Wildman–Crippen MR) is 82.2 cm³/mol. The van der Waals surface area contributed by atoms with Crippen molar-refractivity contribution < 1.29 is 9.53 Å². The van der Waals surface area contributed by atoms with Crippen LogP contribution in [0.25, 0.3) is 0 Å². The number of nitrogens with two attached hydrogens (primary N) is 1. The Bertz CT molecular complexity index is 459. The van der Waals surface area contributed by atoms with Crippen LogP contribution in [-0.4, -0.2) is 25.1 Å². The molecule has 1 rings (SSSR count). The molecule has 0 aromatic heterocycles. The van der Waals surface area contributed by atoms with E-state index < -0.39 is 0 Å². The number of benzene rings is 1. The van der Waals surface area contributed by atoms with Gasteiger partial charge in [0, 0.05) is 22.7 Å². The number of hydrogen-bond acceptors (Lipinski definition) is 3. The summed E-state index contributed by atoms with van der Waals surface area (Å²) in [5, 5.41) is 3.47. The van der Waals surface area contributed by atoms with Crippen LogP contribution < -0.4 is 15.8 Å². The molecule has 0 bridgehead atoms. The van der Waals surface area contributed by atoms with Gasteiger partial charge in [-0.05, 0) is 31.0 Å². The Morgan fingerprint density at radius 3 is 2.60 bits per heavy atom. The van der Waals surface area contributed by atoms with Gasteiger partial charge in [-0.2, -0.15) is 0 Å². The zero-order valence-corrected chi connectivity index (χ0v) is 13.1. The van der Waals surface area contributed by atoms with E-state index in [-0.39, 0.29) is 17.9 Å². The highest BCUT2D eigenvalue weighted by Gasteiger charge is 2.21. The van der Waals surface area contributed by atoms with E-state index in [4.69, 9.17) is 22.1 Å². The Morgan fingerprint density at radius 2 is 2.05 bits per heavy atom. The lowest BCUT2D eigenvalue weighted by molar-refractivity contribution is -0.120. The lowest BCUT2D eigenvalue weighted by atomic mass is 9.94. The minimum absolute atomic E-state index is 0.0812.